The predicted molar refractivity (Wildman–Crippen MR) is 135 cm³/mol. The predicted octanol–water partition coefficient (Wildman–Crippen LogP) is -0.673. The number of carboxylic acid groups (broad SMARTS) is 1. The van der Waals surface area contributed by atoms with Gasteiger partial charge in [0.05, 0.1) is 11.5 Å². The zero-order valence-corrected chi connectivity index (χ0v) is 20.9. The largest absolute Gasteiger partial charge is 0.547 e. The number of hydrogen-bond donors (Lipinski definition) is 5. The Bertz CT molecular complexity index is 1290. The number of fused-ring (bicyclic) bond motifs is 1. The van der Waals surface area contributed by atoms with Crippen molar-refractivity contribution in [1.82, 2.24) is 20.4 Å². The van der Waals surface area contributed by atoms with E-state index in [0.29, 0.717) is 17.0 Å². The first-order valence-corrected chi connectivity index (χ1v) is 12.3. The lowest BCUT2D eigenvalue weighted by Gasteiger charge is -2.34. The molecule has 4 rings (SSSR count). The topological polar surface area (TPSA) is 186 Å². The Labute approximate surface area is 223 Å². The van der Waals surface area contributed by atoms with Crippen LogP contribution in [0.3, 0.4) is 0 Å². The van der Waals surface area contributed by atoms with E-state index >= 15 is 0 Å². The molecule has 3 atom stereocenters. The van der Waals surface area contributed by atoms with Crippen molar-refractivity contribution in [3.8, 4) is 5.75 Å². The molecule has 5 amide bonds. The molecule has 2 aromatic carbocycles. The van der Waals surface area contributed by atoms with Crippen LogP contribution in [0.15, 0.2) is 48.5 Å². The molecule has 14 heteroatoms. The van der Waals surface area contributed by atoms with Gasteiger partial charge in [0, 0.05) is 19.6 Å². The van der Waals surface area contributed by atoms with Crippen LogP contribution in [-0.2, 0) is 20.8 Å². The highest BCUT2D eigenvalue weighted by Crippen LogP contribution is 2.30. The zero-order valence-electron chi connectivity index (χ0n) is 20.9. The lowest BCUT2D eigenvalue weighted by molar-refractivity contribution is -0.153. The molecular formula is C25H27BN4O9. The summed E-state index contributed by atoms with van der Waals surface area (Å²) in [5, 5.41) is 35.8. The molecule has 13 nitrogen and oxygen atoms in total. The number of nitrogens with zero attached hydrogens (tertiary/aromatic N) is 2. The van der Waals surface area contributed by atoms with Crippen LogP contribution >= 0.6 is 0 Å². The van der Waals surface area contributed by atoms with Crippen LogP contribution in [0.2, 0.25) is 0 Å². The van der Waals surface area contributed by atoms with Gasteiger partial charge in [0.1, 0.15) is 17.9 Å². The molecule has 1 saturated heterocycles. The van der Waals surface area contributed by atoms with Crippen molar-refractivity contribution in [3.63, 3.8) is 0 Å². The number of amides is 5. The van der Waals surface area contributed by atoms with Gasteiger partial charge < -0.3 is 35.4 Å². The third-order valence-electron chi connectivity index (χ3n) is 6.63. The lowest BCUT2D eigenvalue weighted by Crippen LogP contribution is -2.62. The van der Waals surface area contributed by atoms with E-state index in [1.807, 2.05) is 0 Å². The van der Waals surface area contributed by atoms with Gasteiger partial charge in [-0.05, 0) is 30.5 Å². The summed E-state index contributed by atoms with van der Waals surface area (Å²) in [6.45, 7) is 2.01. The quantitative estimate of drug-likeness (QED) is 0.225. The highest BCUT2D eigenvalue weighted by molar-refractivity contribution is 6.47. The van der Waals surface area contributed by atoms with E-state index in [1.165, 1.54) is 29.2 Å². The van der Waals surface area contributed by atoms with E-state index in [-0.39, 0.29) is 36.4 Å². The second-order valence-electron chi connectivity index (χ2n) is 9.05. The fraction of sp³-hybridized carbons (Fsp3) is 0.320. The van der Waals surface area contributed by atoms with Crippen molar-refractivity contribution in [2.24, 2.45) is 0 Å². The zero-order chi connectivity index (χ0) is 28.3. The molecule has 2 heterocycles. The second kappa shape index (κ2) is 11.5. The van der Waals surface area contributed by atoms with E-state index in [2.05, 4.69) is 10.6 Å². The van der Waals surface area contributed by atoms with E-state index in [0.717, 1.165) is 0 Å². The van der Waals surface area contributed by atoms with Gasteiger partial charge in [0.15, 0.2) is 0 Å². The van der Waals surface area contributed by atoms with E-state index in [4.69, 9.17) is 4.65 Å². The number of aliphatic hydroxyl groups excluding tert-OH is 1. The van der Waals surface area contributed by atoms with Crippen LogP contribution in [0, 0.1) is 0 Å². The summed E-state index contributed by atoms with van der Waals surface area (Å²) in [5.74, 6) is -5.15. The fourth-order valence-corrected chi connectivity index (χ4v) is 4.50. The Morgan fingerprint density at radius 2 is 1.79 bits per heavy atom. The molecule has 2 aliphatic heterocycles. The minimum absolute atomic E-state index is 0.00256. The highest BCUT2D eigenvalue weighted by atomic mass is 16.5. The number of nitrogens with one attached hydrogen (secondary N) is 2. The molecule has 0 aliphatic carbocycles. The highest BCUT2D eigenvalue weighted by Gasteiger charge is 2.42. The summed E-state index contributed by atoms with van der Waals surface area (Å²) < 4.78 is 5.40. The molecule has 2 aromatic rings. The van der Waals surface area contributed by atoms with Crippen molar-refractivity contribution in [2.45, 2.75) is 31.4 Å². The molecule has 0 radical (unpaired) electrons. The lowest BCUT2D eigenvalue weighted by atomic mass is 9.72. The number of benzene rings is 2. The van der Waals surface area contributed by atoms with Crippen molar-refractivity contribution in [1.29, 1.82) is 0 Å². The monoisotopic (exact) mass is 538 g/mol. The van der Waals surface area contributed by atoms with E-state index in [9.17, 15) is 39.2 Å². The molecule has 1 fully saturated rings. The first kappa shape index (κ1) is 27.6. The van der Waals surface area contributed by atoms with Crippen LogP contribution in [0.5, 0.6) is 5.75 Å². The van der Waals surface area contributed by atoms with Gasteiger partial charge in [-0.1, -0.05) is 42.5 Å². The molecule has 2 aliphatic rings. The fourth-order valence-electron chi connectivity index (χ4n) is 4.50. The third kappa shape index (κ3) is 5.71. The number of aliphatic hydroxyl groups is 1. The normalized spacial score (nSPS) is 18.5. The molecule has 204 valence electrons. The Morgan fingerprint density at radius 3 is 2.46 bits per heavy atom. The number of aromatic carboxylic acids is 1. The number of carbonyl (C=O) groups excluding carboxylic acids is 4. The van der Waals surface area contributed by atoms with Gasteiger partial charge in [-0.3, -0.25) is 19.3 Å². The van der Waals surface area contributed by atoms with E-state index < -0.39 is 54.9 Å². The molecule has 0 aromatic heterocycles. The van der Waals surface area contributed by atoms with Gasteiger partial charge in [0.2, 0.25) is 5.91 Å². The van der Waals surface area contributed by atoms with Crippen LogP contribution in [0.25, 0.3) is 0 Å². The van der Waals surface area contributed by atoms with Gasteiger partial charge in [-0.2, -0.15) is 0 Å². The van der Waals surface area contributed by atoms with Crippen LogP contribution in [0.1, 0.15) is 34.5 Å². The number of para-hydroxylation sites is 1. The van der Waals surface area contributed by atoms with Crippen LogP contribution < -0.4 is 15.3 Å². The molecule has 0 bridgehead atoms. The molecule has 1 unspecified atom stereocenters. The third-order valence-corrected chi connectivity index (χ3v) is 6.63. The van der Waals surface area contributed by atoms with Crippen LogP contribution in [-0.4, -0.2) is 93.5 Å². The minimum atomic E-state index is -1.63. The Hall–Kier alpha value is -4.43. The SMILES string of the molecule is CCN1CCN(C(=O)N[C@@H](C(=O)N[C@H]2Cc3cccc(C(=O)O)c3OB2O)C(O)c2ccccc2)C(=O)C1=O. The van der Waals surface area contributed by atoms with E-state index in [1.54, 1.807) is 31.2 Å². The first-order chi connectivity index (χ1) is 18.6. The maximum Gasteiger partial charge on any atom is 0.547 e. The maximum absolute atomic E-state index is 13.4. The number of carboxylic acids is 1. The summed E-state index contributed by atoms with van der Waals surface area (Å²) in [5.41, 5.74) is 0.559. The number of likely N-dealkylation sites (N-methyl/N-ethyl adjacent to an activating group) is 1. The molecule has 0 spiro atoms. The number of urea groups is 1. The summed E-state index contributed by atoms with van der Waals surface area (Å²) in [7, 11) is -1.63. The maximum atomic E-state index is 13.4. The summed E-state index contributed by atoms with van der Waals surface area (Å²) in [4.78, 5) is 64.6. The number of piperazine rings is 1. The van der Waals surface area contributed by atoms with Crippen molar-refractivity contribution in [2.75, 3.05) is 19.6 Å². The Balaban J connectivity index is 1.55. The molecule has 5 N–H and O–H groups in total. The smallest absolute Gasteiger partial charge is 0.534 e. The van der Waals surface area contributed by atoms with Crippen molar-refractivity contribution in [3.05, 3.63) is 65.2 Å². The second-order valence-corrected chi connectivity index (χ2v) is 9.05. The minimum Gasteiger partial charge on any atom is -0.534 e. The first-order valence-electron chi connectivity index (χ1n) is 12.3. The standard InChI is InChI=1S/C25H27BN4O9/c1-2-29-11-12-30(23(34)22(29)33)25(37)28-18(19(31)14-7-4-3-5-8-14)21(32)27-17-13-15-9-6-10-16(24(35)36)20(15)39-26(17)38/h3-10,17-19,31,38H,2,11-13H2,1H3,(H,27,32)(H,28,37)(H,35,36)/t17-,18+,19?/m0/s1. The van der Waals surface area contributed by atoms with Gasteiger partial charge in [-0.25, -0.2) is 9.59 Å². The molecule has 39 heavy (non-hydrogen) atoms. The number of hydrogen-bond acceptors (Lipinski definition) is 8. The van der Waals surface area contributed by atoms with Gasteiger partial charge in [0.25, 0.3) is 0 Å². The van der Waals surface area contributed by atoms with Gasteiger partial charge in [-0.15, -0.1) is 0 Å². The van der Waals surface area contributed by atoms with Crippen molar-refractivity contribution < 1.29 is 43.9 Å². The number of rotatable bonds is 7. The summed E-state index contributed by atoms with van der Waals surface area (Å²) in [6.07, 6.45) is -1.57. The average molecular weight is 538 g/mol. The summed E-state index contributed by atoms with van der Waals surface area (Å²) >= 11 is 0. The molecule has 0 saturated carbocycles. The number of carbonyl (C=O) groups is 5. The average Bonchev–Trinajstić information content (AvgIpc) is 2.93. The number of imide groups is 1. The Kier molecular flexibility index (Phi) is 8.16. The van der Waals surface area contributed by atoms with Crippen molar-refractivity contribution >= 4 is 36.8 Å². The molecular weight excluding hydrogens is 511 g/mol. The van der Waals surface area contributed by atoms with Gasteiger partial charge >= 0.3 is 30.9 Å². The summed E-state index contributed by atoms with van der Waals surface area (Å²) in [6, 6.07) is 9.74. The Morgan fingerprint density at radius 1 is 1.08 bits per heavy atom. The van der Waals surface area contributed by atoms with Crippen LogP contribution in [0.4, 0.5) is 4.79 Å².